The predicted molar refractivity (Wildman–Crippen MR) is 59.2 cm³/mol. The van der Waals surface area contributed by atoms with Crippen LogP contribution in [0.15, 0.2) is 0 Å². The first-order valence-electron chi connectivity index (χ1n) is 4.78. The van der Waals surface area contributed by atoms with Gasteiger partial charge in [0.1, 0.15) is 12.7 Å². The van der Waals surface area contributed by atoms with Crippen LogP contribution in [0.3, 0.4) is 0 Å². The number of hydrogen-bond donors (Lipinski definition) is 5. The lowest BCUT2D eigenvalue weighted by Crippen LogP contribution is -2.45. The van der Waals surface area contributed by atoms with Crippen molar-refractivity contribution in [2.75, 3.05) is 13.2 Å². The van der Waals surface area contributed by atoms with Crippen LogP contribution in [0.25, 0.3) is 0 Å². The van der Waals surface area contributed by atoms with Crippen LogP contribution in [-0.4, -0.2) is 71.8 Å². The van der Waals surface area contributed by atoms with Gasteiger partial charge in [0, 0.05) is 6.92 Å². The Labute approximate surface area is 120 Å². The van der Waals surface area contributed by atoms with Crippen LogP contribution in [-0.2, 0) is 9.53 Å². The molecule has 130 valence electrons. The molecule has 0 aliphatic rings. The fourth-order valence-corrected chi connectivity index (χ4v) is 0.436. The van der Waals surface area contributed by atoms with E-state index >= 15 is 0 Å². The van der Waals surface area contributed by atoms with E-state index in [0.29, 0.717) is 6.92 Å². The van der Waals surface area contributed by atoms with Gasteiger partial charge in [0.2, 0.25) is 0 Å². The zero-order valence-corrected chi connectivity index (χ0v) is 10.8. The van der Waals surface area contributed by atoms with E-state index in [1.54, 1.807) is 0 Å². The third kappa shape index (κ3) is 17.2. The van der Waals surface area contributed by atoms with Crippen molar-refractivity contribution < 1.29 is 50.4 Å². The maximum atomic E-state index is 10.8. The van der Waals surface area contributed by atoms with Gasteiger partial charge in [-0.1, -0.05) is 0 Å². The molecule has 0 aliphatic heterocycles. The Kier molecular flexibility index (Phi) is 13.1. The number of carbonyl (C=O) groups is 1. The van der Waals surface area contributed by atoms with Gasteiger partial charge < -0.3 is 30.5 Å². The SMILES string of the molecule is CC(O)(C(=O)OCC(O)CO)[N+](=O)[O-].O=[N+]([O-])O.O=[N+]([O-])O. The molecule has 0 heterocycles. The van der Waals surface area contributed by atoms with Crippen molar-refractivity contribution in [3.05, 3.63) is 30.3 Å². The van der Waals surface area contributed by atoms with E-state index in [2.05, 4.69) is 4.74 Å². The molecule has 0 rings (SSSR count). The Balaban J connectivity index is -0.000000372. The van der Waals surface area contributed by atoms with Crippen molar-refractivity contribution in [1.82, 2.24) is 0 Å². The van der Waals surface area contributed by atoms with Crippen molar-refractivity contribution in [3.63, 3.8) is 0 Å². The van der Waals surface area contributed by atoms with Crippen molar-refractivity contribution in [2.45, 2.75) is 18.8 Å². The van der Waals surface area contributed by atoms with Crippen molar-refractivity contribution in [2.24, 2.45) is 0 Å². The maximum absolute atomic E-state index is 10.8. The first-order chi connectivity index (χ1) is 9.78. The number of esters is 1. The standard InChI is InChI=1S/C6H11NO7.2HNO3/c1-6(11,7(12)13)5(10)14-3-4(9)2-8;2*2-1(3)4/h4,8-9,11H,2-3H2,1H3;2*(H,2,3,4). The van der Waals surface area contributed by atoms with Crippen molar-refractivity contribution in [3.8, 4) is 0 Å². The van der Waals surface area contributed by atoms with E-state index < -0.39 is 46.1 Å². The number of nitro groups is 1. The molecule has 0 fully saturated rings. The largest absolute Gasteiger partial charge is 0.456 e. The molecule has 0 saturated heterocycles. The summed E-state index contributed by atoms with van der Waals surface area (Å²) in [5, 5.41) is 63.4. The van der Waals surface area contributed by atoms with Gasteiger partial charge in [-0.25, -0.2) is 4.79 Å². The Bertz CT molecular complexity index is 362. The number of carbonyl (C=O) groups excluding carboxylic acids is 1. The first-order valence-corrected chi connectivity index (χ1v) is 4.78. The first kappa shape index (κ1) is 24.2. The van der Waals surface area contributed by atoms with E-state index in [1.807, 2.05) is 0 Å². The summed E-state index contributed by atoms with van der Waals surface area (Å²) in [4.78, 5) is 36.4. The monoisotopic (exact) mass is 335 g/mol. The third-order valence-electron chi connectivity index (χ3n) is 1.36. The molecule has 5 N–H and O–H groups in total. The molecule has 2 unspecified atom stereocenters. The van der Waals surface area contributed by atoms with Gasteiger partial charge in [-0.15, -0.1) is 20.2 Å². The van der Waals surface area contributed by atoms with Gasteiger partial charge in [-0.3, -0.25) is 10.1 Å². The highest BCUT2D eigenvalue weighted by Gasteiger charge is 2.45. The Morgan fingerprint density at radius 3 is 1.73 bits per heavy atom. The molecule has 0 aromatic carbocycles. The highest BCUT2D eigenvalue weighted by atomic mass is 16.9. The van der Waals surface area contributed by atoms with Gasteiger partial charge in [0.25, 0.3) is 10.2 Å². The quantitative estimate of drug-likeness (QED) is 0.147. The fourth-order valence-electron chi connectivity index (χ4n) is 0.436. The van der Waals surface area contributed by atoms with Crippen molar-refractivity contribution in [1.29, 1.82) is 0 Å². The summed E-state index contributed by atoms with van der Waals surface area (Å²) >= 11 is 0. The predicted octanol–water partition coefficient (Wildman–Crippen LogP) is -2.83. The second-order valence-electron chi connectivity index (χ2n) is 3.19. The number of ether oxygens (including phenoxy) is 1. The molecular formula is C6H13N3O13. The van der Waals surface area contributed by atoms with Crippen LogP contribution in [0.1, 0.15) is 6.92 Å². The van der Waals surface area contributed by atoms with E-state index in [9.17, 15) is 14.9 Å². The summed E-state index contributed by atoms with van der Waals surface area (Å²) in [6, 6.07) is 0. The summed E-state index contributed by atoms with van der Waals surface area (Å²) in [6.45, 7) is -0.603. The summed E-state index contributed by atoms with van der Waals surface area (Å²) in [5.41, 5.74) is -2.84. The Morgan fingerprint density at radius 1 is 1.18 bits per heavy atom. The lowest BCUT2D eigenvalue weighted by Gasteiger charge is -2.14. The van der Waals surface area contributed by atoms with E-state index in [1.165, 1.54) is 0 Å². The van der Waals surface area contributed by atoms with Gasteiger partial charge >= 0.3 is 11.7 Å². The van der Waals surface area contributed by atoms with Crippen LogP contribution in [0.5, 0.6) is 0 Å². The third-order valence-corrected chi connectivity index (χ3v) is 1.36. The number of nitrogens with zero attached hydrogens (tertiary/aromatic N) is 3. The van der Waals surface area contributed by atoms with E-state index in [-0.39, 0.29) is 0 Å². The molecule has 22 heavy (non-hydrogen) atoms. The zero-order chi connectivity index (χ0) is 18.5. The highest BCUT2D eigenvalue weighted by molar-refractivity contribution is 5.76. The number of rotatable bonds is 5. The minimum atomic E-state index is -2.84. The van der Waals surface area contributed by atoms with Gasteiger partial charge in [-0.2, -0.15) is 0 Å². The molecule has 16 nitrogen and oxygen atoms in total. The van der Waals surface area contributed by atoms with E-state index in [4.69, 9.17) is 46.0 Å². The normalized spacial score (nSPS) is 12.9. The second-order valence-corrected chi connectivity index (χ2v) is 3.19. The highest BCUT2D eigenvalue weighted by Crippen LogP contribution is 2.06. The topological polar surface area (TPSA) is 257 Å². The summed E-state index contributed by atoms with van der Waals surface area (Å²) < 4.78 is 4.18. The molecule has 0 spiro atoms. The Morgan fingerprint density at radius 2 is 1.50 bits per heavy atom. The lowest BCUT2D eigenvalue weighted by molar-refractivity contribution is -0.742. The minimum Gasteiger partial charge on any atom is -0.456 e. The van der Waals surface area contributed by atoms with Crippen LogP contribution >= 0.6 is 0 Å². The summed E-state index contributed by atoms with van der Waals surface area (Å²) in [7, 11) is 0. The summed E-state index contributed by atoms with van der Waals surface area (Å²) in [6.07, 6.45) is -1.32. The van der Waals surface area contributed by atoms with Gasteiger partial charge in [0.15, 0.2) is 0 Å². The fraction of sp³-hybridized carbons (Fsp3) is 0.833. The maximum Gasteiger partial charge on any atom is 0.417 e. The number of aliphatic hydroxyl groups is 3. The minimum absolute atomic E-state index is 0.612. The molecule has 16 heteroatoms. The van der Waals surface area contributed by atoms with E-state index in [0.717, 1.165) is 0 Å². The molecule has 0 aromatic heterocycles. The summed E-state index contributed by atoms with van der Waals surface area (Å²) in [5.74, 6) is -1.49. The van der Waals surface area contributed by atoms with Crippen molar-refractivity contribution >= 4 is 5.97 Å². The molecule has 0 bridgehead atoms. The lowest BCUT2D eigenvalue weighted by atomic mass is 10.3. The molecule has 0 amide bonds. The molecule has 0 aromatic rings. The Hall–Kier alpha value is -2.85. The zero-order valence-electron chi connectivity index (χ0n) is 10.8. The number of aliphatic hydroxyl groups excluding tert-OH is 2. The van der Waals surface area contributed by atoms with Crippen LogP contribution in [0.4, 0.5) is 0 Å². The number of hydrogen-bond acceptors (Lipinski definition) is 11. The van der Waals surface area contributed by atoms with Gasteiger partial charge in [0.05, 0.1) is 11.5 Å². The second kappa shape index (κ2) is 11.9. The van der Waals surface area contributed by atoms with Crippen LogP contribution in [0.2, 0.25) is 0 Å². The molecule has 0 saturated carbocycles. The molecule has 0 radical (unpaired) electrons. The molecular weight excluding hydrogens is 322 g/mol. The van der Waals surface area contributed by atoms with Crippen LogP contribution < -0.4 is 0 Å². The average Bonchev–Trinajstić information content (AvgIpc) is 2.33. The average molecular weight is 335 g/mol. The van der Waals surface area contributed by atoms with Crippen LogP contribution in [0, 0.1) is 30.3 Å². The molecule has 2 atom stereocenters. The smallest absolute Gasteiger partial charge is 0.417 e. The van der Waals surface area contributed by atoms with Gasteiger partial charge in [-0.05, 0) is 0 Å². The molecule has 0 aliphatic carbocycles.